The topological polar surface area (TPSA) is 84.5 Å². The van der Waals surface area contributed by atoms with Crippen molar-refractivity contribution in [3.63, 3.8) is 0 Å². The van der Waals surface area contributed by atoms with Crippen molar-refractivity contribution in [2.45, 2.75) is 25.2 Å². The van der Waals surface area contributed by atoms with E-state index in [9.17, 15) is 13.2 Å². The Morgan fingerprint density at radius 3 is 2.11 bits per heavy atom. The summed E-state index contributed by atoms with van der Waals surface area (Å²) >= 11 is 0. The van der Waals surface area contributed by atoms with Gasteiger partial charge in [0.25, 0.3) is 15.9 Å². The first-order valence-electron chi connectivity index (χ1n) is 11.6. The van der Waals surface area contributed by atoms with E-state index in [0.29, 0.717) is 29.3 Å². The highest BCUT2D eigenvalue weighted by Gasteiger charge is 2.17. The van der Waals surface area contributed by atoms with Gasteiger partial charge in [0.2, 0.25) is 0 Å². The Labute approximate surface area is 212 Å². The maximum Gasteiger partial charge on any atom is 0.261 e. The van der Waals surface area contributed by atoms with Crippen LogP contribution in [0.1, 0.15) is 27.0 Å². The molecule has 7 heteroatoms. The fourth-order valence-corrected chi connectivity index (χ4v) is 4.99. The maximum atomic E-state index is 12.9. The Balaban J connectivity index is 1.42. The number of para-hydroxylation sites is 2. The molecule has 0 saturated heterocycles. The van der Waals surface area contributed by atoms with Gasteiger partial charge in [-0.15, -0.1) is 0 Å². The highest BCUT2D eigenvalue weighted by atomic mass is 32.2. The van der Waals surface area contributed by atoms with E-state index in [1.54, 1.807) is 30.3 Å². The fraction of sp³-hybridized carbons (Fsp3) is 0.138. The number of anilines is 2. The number of sulfonamides is 1. The molecule has 0 unspecified atom stereocenters. The van der Waals surface area contributed by atoms with E-state index in [1.165, 1.54) is 12.1 Å². The summed E-state index contributed by atoms with van der Waals surface area (Å²) in [6.45, 7) is 4.15. The molecule has 0 fully saturated rings. The molecule has 0 aromatic heterocycles. The summed E-state index contributed by atoms with van der Waals surface area (Å²) in [5, 5.41) is 2.82. The van der Waals surface area contributed by atoms with Gasteiger partial charge in [0.15, 0.2) is 0 Å². The summed E-state index contributed by atoms with van der Waals surface area (Å²) in [4.78, 5) is 13.0. The second-order valence-electron chi connectivity index (χ2n) is 8.43. The van der Waals surface area contributed by atoms with Crippen LogP contribution in [0.2, 0.25) is 0 Å². The SMILES string of the molecule is Cc1cccc(C)c1NS(=O)(=O)c1ccc(NC(=O)c2ccccc2OCCc2ccccc2)cc1. The molecule has 4 aromatic rings. The van der Waals surface area contributed by atoms with Crippen LogP contribution in [-0.4, -0.2) is 20.9 Å². The molecule has 6 nitrogen and oxygen atoms in total. The molecule has 2 N–H and O–H groups in total. The number of carbonyl (C=O) groups excluding carboxylic acids is 1. The molecule has 4 aromatic carbocycles. The number of benzene rings is 4. The lowest BCUT2D eigenvalue weighted by molar-refractivity contribution is 0.102. The standard InChI is InChI=1S/C29H28N2O4S/c1-21-9-8-10-22(2)28(21)31-36(33,34)25-17-15-24(16-18-25)30-29(32)26-13-6-7-14-27(26)35-20-19-23-11-4-3-5-12-23/h3-18,31H,19-20H2,1-2H3,(H,30,32). The van der Waals surface area contributed by atoms with Gasteiger partial charge in [-0.05, 0) is 66.9 Å². The van der Waals surface area contributed by atoms with E-state index in [-0.39, 0.29) is 10.8 Å². The summed E-state index contributed by atoms with van der Waals surface area (Å²) in [6, 6.07) is 28.7. The first-order valence-corrected chi connectivity index (χ1v) is 13.1. The molecule has 0 spiro atoms. The first-order chi connectivity index (χ1) is 17.3. The van der Waals surface area contributed by atoms with Crippen molar-refractivity contribution in [1.82, 2.24) is 0 Å². The summed E-state index contributed by atoms with van der Waals surface area (Å²) in [7, 11) is -3.78. The van der Waals surface area contributed by atoms with E-state index in [2.05, 4.69) is 10.0 Å². The lowest BCUT2D eigenvalue weighted by Gasteiger charge is -2.14. The van der Waals surface area contributed by atoms with Crippen molar-refractivity contribution < 1.29 is 17.9 Å². The second kappa shape index (κ2) is 11.1. The number of hydrogen-bond donors (Lipinski definition) is 2. The van der Waals surface area contributed by atoms with Gasteiger partial charge < -0.3 is 10.1 Å². The number of aryl methyl sites for hydroxylation is 2. The maximum absolute atomic E-state index is 12.9. The minimum absolute atomic E-state index is 0.104. The van der Waals surface area contributed by atoms with Crippen molar-refractivity contribution in [1.29, 1.82) is 0 Å². The second-order valence-corrected chi connectivity index (χ2v) is 10.1. The Bertz CT molecular complexity index is 1430. The van der Waals surface area contributed by atoms with Crippen LogP contribution in [0.25, 0.3) is 0 Å². The molecule has 0 aliphatic heterocycles. The average molecular weight is 501 g/mol. The molecule has 0 bridgehead atoms. The van der Waals surface area contributed by atoms with Gasteiger partial charge in [0, 0.05) is 12.1 Å². The molecule has 0 heterocycles. The quantitative estimate of drug-likeness (QED) is 0.296. The van der Waals surface area contributed by atoms with Crippen LogP contribution in [0.15, 0.2) is 102 Å². The minimum Gasteiger partial charge on any atom is -0.492 e. The predicted molar refractivity (Wildman–Crippen MR) is 143 cm³/mol. The van der Waals surface area contributed by atoms with Crippen molar-refractivity contribution in [3.05, 3.63) is 119 Å². The van der Waals surface area contributed by atoms with Crippen LogP contribution in [0, 0.1) is 13.8 Å². The zero-order chi connectivity index (χ0) is 25.5. The molecule has 4 rings (SSSR count). The molecular weight excluding hydrogens is 472 g/mol. The van der Waals surface area contributed by atoms with E-state index in [4.69, 9.17) is 4.74 Å². The lowest BCUT2D eigenvalue weighted by atomic mass is 10.1. The summed E-state index contributed by atoms with van der Waals surface area (Å²) in [6.07, 6.45) is 0.725. The molecule has 0 saturated carbocycles. The Kier molecular flexibility index (Phi) is 7.71. The highest BCUT2D eigenvalue weighted by molar-refractivity contribution is 7.92. The van der Waals surface area contributed by atoms with Crippen LogP contribution >= 0.6 is 0 Å². The van der Waals surface area contributed by atoms with Gasteiger partial charge in [0.05, 0.1) is 22.8 Å². The average Bonchev–Trinajstić information content (AvgIpc) is 2.88. The third-order valence-corrected chi connectivity index (χ3v) is 7.13. The number of carbonyl (C=O) groups is 1. The van der Waals surface area contributed by atoms with E-state index < -0.39 is 10.0 Å². The van der Waals surface area contributed by atoms with Gasteiger partial charge in [-0.25, -0.2) is 8.42 Å². The monoisotopic (exact) mass is 500 g/mol. The van der Waals surface area contributed by atoms with Crippen molar-refractivity contribution >= 4 is 27.3 Å². The third-order valence-electron chi connectivity index (χ3n) is 5.76. The zero-order valence-electron chi connectivity index (χ0n) is 20.2. The predicted octanol–water partition coefficient (Wildman–Crippen LogP) is 5.98. The van der Waals surface area contributed by atoms with Gasteiger partial charge >= 0.3 is 0 Å². The van der Waals surface area contributed by atoms with Crippen LogP contribution in [0.4, 0.5) is 11.4 Å². The highest BCUT2D eigenvalue weighted by Crippen LogP contribution is 2.25. The van der Waals surface area contributed by atoms with Gasteiger partial charge in [-0.1, -0.05) is 60.7 Å². The zero-order valence-corrected chi connectivity index (χ0v) is 21.0. The molecule has 0 atom stereocenters. The van der Waals surface area contributed by atoms with E-state index >= 15 is 0 Å². The van der Waals surface area contributed by atoms with Crippen LogP contribution in [0.5, 0.6) is 5.75 Å². The summed E-state index contributed by atoms with van der Waals surface area (Å²) < 4.78 is 34.3. The Morgan fingerprint density at radius 2 is 1.42 bits per heavy atom. The van der Waals surface area contributed by atoms with Crippen LogP contribution in [-0.2, 0) is 16.4 Å². The molecule has 1 amide bonds. The smallest absolute Gasteiger partial charge is 0.261 e. The molecule has 184 valence electrons. The molecule has 0 aliphatic rings. The number of hydrogen-bond acceptors (Lipinski definition) is 4. The van der Waals surface area contributed by atoms with Crippen molar-refractivity contribution in [2.75, 3.05) is 16.6 Å². The Hall–Kier alpha value is -4.10. The summed E-state index contributed by atoms with van der Waals surface area (Å²) in [5.41, 5.74) is 4.28. The minimum atomic E-state index is -3.78. The van der Waals surface area contributed by atoms with Gasteiger partial charge in [0.1, 0.15) is 5.75 Å². The van der Waals surface area contributed by atoms with Crippen molar-refractivity contribution in [2.24, 2.45) is 0 Å². The van der Waals surface area contributed by atoms with Gasteiger partial charge in [-0.3, -0.25) is 9.52 Å². The Morgan fingerprint density at radius 1 is 0.778 bits per heavy atom. The number of rotatable bonds is 9. The normalized spacial score (nSPS) is 11.1. The summed E-state index contributed by atoms with van der Waals surface area (Å²) in [5.74, 6) is 0.150. The first kappa shape index (κ1) is 25.0. The molecule has 0 aliphatic carbocycles. The van der Waals surface area contributed by atoms with Crippen molar-refractivity contribution in [3.8, 4) is 5.75 Å². The van der Waals surface area contributed by atoms with E-state index in [0.717, 1.165) is 23.1 Å². The van der Waals surface area contributed by atoms with Crippen LogP contribution in [0.3, 0.4) is 0 Å². The molecular formula is C29H28N2O4S. The third kappa shape index (κ3) is 6.12. The van der Waals surface area contributed by atoms with E-state index in [1.807, 2.05) is 68.4 Å². The molecule has 36 heavy (non-hydrogen) atoms. The molecule has 0 radical (unpaired) electrons. The largest absolute Gasteiger partial charge is 0.492 e. The van der Waals surface area contributed by atoms with Crippen LogP contribution < -0.4 is 14.8 Å². The fourth-order valence-electron chi connectivity index (χ4n) is 3.79. The van der Waals surface area contributed by atoms with Gasteiger partial charge in [-0.2, -0.15) is 0 Å². The lowest BCUT2D eigenvalue weighted by Crippen LogP contribution is -2.16. The number of nitrogens with one attached hydrogen (secondary N) is 2. The number of ether oxygens (including phenoxy) is 1. The number of amides is 1.